The molecule has 0 unspecified atom stereocenters. The van der Waals surface area contributed by atoms with Gasteiger partial charge in [0.15, 0.2) is 0 Å². The quantitative estimate of drug-likeness (QED) is 0.860. The van der Waals surface area contributed by atoms with Crippen LogP contribution in [0.2, 0.25) is 0 Å². The van der Waals surface area contributed by atoms with Crippen LogP contribution in [-0.4, -0.2) is 35.1 Å². The molecule has 1 aromatic heterocycles. The number of ether oxygens (including phenoxy) is 1. The molecule has 2 rings (SSSR count). The van der Waals surface area contributed by atoms with Gasteiger partial charge in [-0.1, -0.05) is 12.1 Å². The summed E-state index contributed by atoms with van der Waals surface area (Å²) in [6.07, 6.45) is 1.78. The molecule has 1 heterocycles. The first-order valence-corrected chi connectivity index (χ1v) is 7.00. The number of benzene rings is 1. The van der Waals surface area contributed by atoms with E-state index >= 15 is 0 Å². The van der Waals surface area contributed by atoms with Gasteiger partial charge in [0.2, 0.25) is 0 Å². The SMILES string of the molecule is COC(=O)c1cc(CN(C)Cc2ncccc2C)ccc1O. The largest absolute Gasteiger partial charge is 0.507 e. The summed E-state index contributed by atoms with van der Waals surface area (Å²) in [5, 5.41) is 9.72. The van der Waals surface area contributed by atoms with E-state index in [0.29, 0.717) is 13.1 Å². The van der Waals surface area contributed by atoms with E-state index in [1.807, 2.05) is 26.1 Å². The van der Waals surface area contributed by atoms with Crippen molar-refractivity contribution in [3.8, 4) is 5.75 Å². The number of hydrogen-bond donors (Lipinski definition) is 1. The molecule has 2 aromatic rings. The molecule has 5 heteroatoms. The van der Waals surface area contributed by atoms with Crippen LogP contribution < -0.4 is 0 Å². The zero-order valence-corrected chi connectivity index (χ0v) is 13.0. The first-order valence-electron chi connectivity index (χ1n) is 7.00. The molecule has 0 saturated carbocycles. The third-order valence-electron chi connectivity index (χ3n) is 3.46. The van der Waals surface area contributed by atoms with E-state index in [1.54, 1.807) is 18.3 Å². The maximum absolute atomic E-state index is 11.6. The first kappa shape index (κ1) is 16.0. The lowest BCUT2D eigenvalue weighted by atomic mass is 10.1. The summed E-state index contributed by atoms with van der Waals surface area (Å²) >= 11 is 0. The average Bonchev–Trinajstić information content (AvgIpc) is 2.50. The number of carbonyl (C=O) groups is 1. The summed E-state index contributed by atoms with van der Waals surface area (Å²) in [5.74, 6) is -0.610. The van der Waals surface area contributed by atoms with Gasteiger partial charge in [0.05, 0.1) is 12.8 Å². The summed E-state index contributed by atoms with van der Waals surface area (Å²) in [5.41, 5.74) is 3.28. The Morgan fingerprint density at radius 1 is 1.32 bits per heavy atom. The Labute approximate surface area is 130 Å². The van der Waals surface area contributed by atoms with Crippen molar-refractivity contribution in [2.45, 2.75) is 20.0 Å². The molecule has 0 bridgehead atoms. The summed E-state index contributed by atoms with van der Waals surface area (Å²) in [6, 6.07) is 8.92. The molecule has 22 heavy (non-hydrogen) atoms. The molecule has 1 aromatic carbocycles. The van der Waals surface area contributed by atoms with Gasteiger partial charge in [-0.3, -0.25) is 9.88 Å². The van der Waals surface area contributed by atoms with Gasteiger partial charge in [-0.05, 0) is 43.3 Å². The summed E-state index contributed by atoms with van der Waals surface area (Å²) in [7, 11) is 3.28. The maximum Gasteiger partial charge on any atom is 0.341 e. The fourth-order valence-corrected chi connectivity index (χ4v) is 2.26. The van der Waals surface area contributed by atoms with Gasteiger partial charge < -0.3 is 9.84 Å². The second kappa shape index (κ2) is 7.04. The predicted molar refractivity (Wildman–Crippen MR) is 83.6 cm³/mol. The standard InChI is InChI=1S/C17H20N2O3/c1-12-5-4-8-18-15(12)11-19(2)10-13-6-7-16(20)14(9-13)17(21)22-3/h4-9,20H,10-11H2,1-3H3. The smallest absolute Gasteiger partial charge is 0.341 e. The van der Waals surface area contributed by atoms with Crippen LogP contribution in [0.25, 0.3) is 0 Å². The van der Waals surface area contributed by atoms with Crippen LogP contribution in [0.1, 0.15) is 27.2 Å². The number of phenols is 1. The minimum absolute atomic E-state index is 0.0705. The van der Waals surface area contributed by atoms with Gasteiger partial charge in [0, 0.05) is 19.3 Å². The number of hydrogen-bond acceptors (Lipinski definition) is 5. The lowest BCUT2D eigenvalue weighted by molar-refractivity contribution is 0.0597. The fourth-order valence-electron chi connectivity index (χ4n) is 2.26. The van der Waals surface area contributed by atoms with E-state index < -0.39 is 5.97 Å². The van der Waals surface area contributed by atoms with Crippen LogP contribution in [0.15, 0.2) is 36.5 Å². The number of rotatable bonds is 5. The molecule has 116 valence electrons. The van der Waals surface area contributed by atoms with E-state index in [4.69, 9.17) is 0 Å². The van der Waals surface area contributed by atoms with Gasteiger partial charge in [-0.2, -0.15) is 0 Å². The van der Waals surface area contributed by atoms with Gasteiger partial charge >= 0.3 is 5.97 Å². The second-order valence-corrected chi connectivity index (χ2v) is 5.28. The van der Waals surface area contributed by atoms with E-state index in [2.05, 4.69) is 14.6 Å². The molecule has 5 nitrogen and oxygen atoms in total. The Hall–Kier alpha value is -2.40. The van der Waals surface area contributed by atoms with Crippen molar-refractivity contribution >= 4 is 5.97 Å². The number of aromatic hydroxyl groups is 1. The van der Waals surface area contributed by atoms with Crippen molar-refractivity contribution in [2.75, 3.05) is 14.2 Å². The third kappa shape index (κ3) is 3.83. The Morgan fingerprint density at radius 3 is 2.77 bits per heavy atom. The number of pyridine rings is 1. The second-order valence-electron chi connectivity index (χ2n) is 5.28. The van der Waals surface area contributed by atoms with Crippen molar-refractivity contribution in [1.82, 2.24) is 9.88 Å². The molecular weight excluding hydrogens is 280 g/mol. The van der Waals surface area contributed by atoms with E-state index in [9.17, 15) is 9.90 Å². The summed E-state index contributed by atoms with van der Waals surface area (Å²) < 4.78 is 4.67. The van der Waals surface area contributed by atoms with Gasteiger partial charge in [-0.15, -0.1) is 0 Å². The zero-order valence-electron chi connectivity index (χ0n) is 13.0. The summed E-state index contributed by atoms with van der Waals surface area (Å²) in [4.78, 5) is 18.1. The third-order valence-corrected chi connectivity index (χ3v) is 3.46. The molecule has 0 amide bonds. The lowest BCUT2D eigenvalue weighted by Gasteiger charge is -2.18. The Kier molecular flexibility index (Phi) is 5.12. The maximum atomic E-state index is 11.6. The Balaban J connectivity index is 2.10. The normalized spacial score (nSPS) is 10.7. The molecule has 1 N–H and O–H groups in total. The minimum Gasteiger partial charge on any atom is -0.507 e. The highest BCUT2D eigenvalue weighted by Crippen LogP contribution is 2.20. The number of aryl methyl sites for hydroxylation is 1. The molecule has 0 spiro atoms. The van der Waals surface area contributed by atoms with Gasteiger partial charge in [0.1, 0.15) is 11.3 Å². The molecule has 0 aliphatic rings. The highest BCUT2D eigenvalue weighted by atomic mass is 16.5. The van der Waals surface area contributed by atoms with Crippen LogP contribution in [0.3, 0.4) is 0 Å². The van der Waals surface area contributed by atoms with Crippen molar-refractivity contribution in [2.24, 2.45) is 0 Å². The predicted octanol–water partition coefficient (Wildman–Crippen LogP) is 2.51. The first-order chi connectivity index (χ1) is 10.5. The highest BCUT2D eigenvalue weighted by Gasteiger charge is 2.13. The van der Waals surface area contributed by atoms with Crippen molar-refractivity contribution in [1.29, 1.82) is 0 Å². The van der Waals surface area contributed by atoms with Crippen molar-refractivity contribution in [3.05, 3.63) is 58.9 Å². The van der Waals surface area contributed by atoms with Crippen LogP contribution in [0.5, 0.6) is 5.75 Å². The molecule has 0 radical (unpaired) electrons. The molecule has 0 aliphatic heterocycles. The van der Waals surface area contributed by atoms with E-state index in [0.717, 1.165) is 16.8 Å². The molecular formula is C17H20N2O3. The molecule has 0 aliphatic carbocycles. The molecule has 0 saturated heterocycles. The number of phenolic OH excluding ortho intramolecular Hbond substituents is 1. The van der Waals surface area contributed by atoms with Crippen LogP contribution >= 0.6 is 0 Å². The zero-order chi connectivity index (χ0) is 16.1. The van der Waals surface area contributed by atoms with Crippen LogP contribution in [0, 0.1) is 6.92 Å². The lowest BCUT2D eigenvalue weighted by Crippen LogP contribution is -2.19. The summed E-state index contributed by atoms with van der Waals surface area (Å²) in [6.45, 7) is 3.38. The van der Waals surface area contributed by atoms with Gasteiger partial charge in [0.25, 0.3) is 0 Å². The highest BCUT2D eigenvalue weighted by molar-refractivity contribution is 5.92. The molecule has 0 atom stereocenters. The van der Waals surface area contributed by atoms with Gasteiger partial charge in [-0.25, -0.2) is 4.79 Å². The fraction of sp³-hybridized carbons (Fsp3) is 0.294. The monoisotopic (exact) mass is 300 g/mol. The number of nitrogens with zero attached hydrogens (tertiary/aromatic N) is 2. The van der Waals surface area contributed by atoms with Crippen molar-refractivity contribution in [3.63, 3.8) is 0 Å². The van der Waals surface area contributed by atoms with Crippen molar-refractivity contribution < 1.29 is 14.6 Å². The van der Waals surface area contributed by atoms with E-state index in [1.165, 1.54) is 13.2 Å². The van der Waals surface area contributed by atoms with E-state index in [-0.39, 0.29) is 11.3 Å². The van der Waals surface area contributed by atoms with Crippen LogP contribution in [-0.2, 0) is 17.8 Å². The number of methoxy groups -OCH3 is 1. The Morgan fingerprint density at radius 2 is 2.09 bits per heavy atom. The number of aromatic nitrogens is 1. The van der Waals surface area contributed by atoms with Crippen LogP contribution in [0.4, 0.5) is 0 Å². The molecule has 0 fully saturated rings. The average molecular weight is 300 g/mol. The minimum atomic E-state index is -0.539. The number of esters is 1. The Bertz CT molecular complexity index is 671. The number of carbonyl (C=O) groups excluding carboxylic acids is 1. The topological polar surface area (TPSA) is 62.7 Å².